The van der Waals surface area contributed by atoms with Crippen molar-refractivity contribution in [2.45, 2.75) is 75.0 Å². The van der Waals surface area contributed by atoms with Crippen molar-refractivity contribution in [1.82, 2.24) is 10.6 Å². The van der Waals surface area contributed by atoms with Gasteiger partial charge in [0.1, 0.15) is 0 Å². The number of nitrogens with zero attached hydrogens (tertiary/aromatic N) is 1. The molecule has 150 valence electrons. The van der Waals surface area contributed by atoms with Crippen LogP contribution in [0.3, 0.4) is 0 Å². The molecule has 3 rings (SSSR count). The Morgan fingerprint density at radius 2 is 1.93 bits per heavy atom. The van der Waals surface area contributed by atoms with Crippen LogP contribution in [0.5, 0.6) is 0 Å². The summed E-state index contributed by atoms with van der Waals surface area (Å²) in [6.07, 6.45) is 9.46. The molecule has 3 unspecified atom stereocenters. The van der Waals surface area contributed by atoms with Crippen LogP contribution in [-0.2, 0) is 16.2 Å². The molecule has 5 heteroatoms. The average molecular weight is 390 g/mol. The molecular formula is C22H35N3OS. The molecule has 0 aliphatic heterocycles. The molecule has 2 saturated carbocycles. The first-order chi connectivity index (χ1) is 13.2. The van der Waals surface area contributed by atoms with Crippen molar-refractivity contribution in [2.24, 2.45) is 4.99 Å². The number of rotatable bonds is 6. The fourth-order valence-corrected chi connectivity index (χ4v) is 6.15. The zero-order chi connectivity index (χ0) is 19.1. The molecule has 3 atom stereocenters. The number of nitrogens with one attached hydrogen (secondary N) is 2. The van der Waals surface area contributed by atoms with Crippen molar-refractivity contribution < 1.29 is 4.21 Å². The minimum Gasteiger partial charge on any atom is -0.356 e. The molecular weight excluding hydrogens is 354 g/mol. The first-order valence-corrected chi connectivity index (χ1v) is 11.9. The lowest BCUT2D eigenvalue weighted by Gasteiger charge is -2.33. The molecule has 0 amide bonds. The third-order valence-corrected chi connectivity index (χ3v) is 8.13. The SMILES string of the molecule is CCS(=O)C1CCCC(NC(=NC)NCC2(c3ccccc3)CCCC2)C1. The van der Waals surface area contributed by atoms with Gasteiger partial charge in [-0.15, -0.1) is 0 Å². The molecule has 2 N–H and O–H groups in total. The average Bonchev–Trinajstić information content (AvgIpc) is 3.21. The van der Waals surface area contributed by atoms with Gasteiger partial charge in [0, 0.05) is 46.9 Å². The number of aliphatic imine (C=N–C) groups is 1. The van der Waals surface area contributed by atoms with E-state index >= 15 is 0 Å². The van der Waals surface area contributed by atoms with Gasteiger partial charge in [0.2, 0.25) is 0 Å². The second-order valence-corrected chi connectivity index (χ2v) is 10.1. The summed E-state index contributed by atoms with van der Waals surface area (Å²) in [5.74, 6) is 1.66. The van der Waals surface area contributed by atoms with Gasteiger partial charge >= 0.3 is 0 Å². The maximum Gasteiger partial charge on any atom is 0.191 e. The second-order valence-electron chi connectivity index (χ2n) is 8.08. The highest BCUT2D eigenvalue weighted by Crippen LogP contribution is 2.40. The van der Waals surface area contributed by atoms with Gasteiger partial charge in [-0.3, -0.25) is 9.20 Å². The van der Waals surface area contributed by atoms with Crippen LogP contribution in [0.2, 0.25) is 0 Å². The lowest BCUT2D eigenvalue weighted by atomic mass is 9.79. The van der Waals surface area contributed by atoms with Gasteiger partial charge in [-0.05, 0) is 37.7 Å². The van der Waals surface area contributed by atoms with Crippen LogP contribution in [0.4, 0.5) is 0 Å². The Kier molecular flexibility index (Phi) is 7.33. The third-order valence-electron chi connectivity index (χ3n) is 6.39. The Hall–Kier alpha value is -1.36. The van der Waals surface area contributed by atoms with Gasteiger partial charge in [-0.2, -0.15) is 0 Å². The second kappa shape index (κ2) is 9.72. The molecule has 0 saturated heterocycles. The fourth-order valence-electron chi connectivity index (χ4n) is 4.80. The summed E-state index contributed by atoms with van der Waals surface area (Å²) in [5.41, 5.74) is 1.67. The van der Waals surface area contributed by atoms with E-state index in [1.807, 2.05) is 14.0 Å². The Labute approximate surface area is 167 Å². The lowest BCUT2D eigenvalue weighted by Crippen LogP contribution is -2.49. The van der Waals surface area contributed by atoms with Crippen molar-refractivity contribution >= 4 is 16.8 Å². The number of benzene rings is 1. The summed E-state index contributed by atoms with van der Waals surface area (Å²) in [4.78, 5) is 4.48. The van der Waals surface area contributed by atoms with Crippen LogP contribution in [0, 0.1) is 0 Å². The lowest BCUT2D eigenvalue weighted by molar-refractivity contribution is 0.403. The zero-order valence-electron chi connectivity index (χ0n) is 16.9. The summed E-state index contributed by atoms with van der Waals surface area (Å²) < 4.78 is 12.2. The molecule has 2 aliphatic rings. The van der Waals surface area contributed by atoms with Gasteiger partial charge in [0.15, 0.2) is 5.96 Å². The van der Waals surface area contributed by atoms with E-state index in [9.17, 15) is 4.21 Å². The maximum atomic E-state index is 12.2. The van der Waals surface area contributed by atoms with Crippen LogP contribution in [0.1, 0.15) is 63.9 Å². The standard InChI is InChI=1S/C22H35N3OS/c1-3-27(26)20-13-9-12-19(16-20)25-21(23-2)24-17-22(14-7-8-15-22)18-10-5-4-6-11-18/h4-6,10-11,19-20H,3,7-9,12-17H2,1-2H3,(H2,23,24,25). The van der Waals surface area contributed by atoms with Crippen molar-refractivity contribution in [2.75, 3.05) is 19.3 Å². The summed E-state index contributed by atoms with van der Waals surface area (Å²) in [6.45, 7) is 2.95. The van der Waals surface area contributed by atoms with E-state index in [1.54, 1.807) is 0 Å². The van der Waals surface area contributed by atoms with E-state index in [-0.39, 0.29) is 5.41 Å². The molecule has 2 aliphatic carbocycles. The van der Waals surface area contributed by atoms with E-state index in [0.717, 1.165) is 43.9 Å². The predicted octanol–water partition coefficient (Wildman–Crippen LogP) is 3.74. The smallest absolute Gasteiger partial charge is 0.191 e. The Morgan fingerprint density at radius 1 is 1.19 bits per heavy atom. The fraction of sp³-hybridized carbons (Fsp3) is 0.682. The number of hydrogen-bond donors (Lipinski definition) is 2. The first-order valence-electron chi connectivity index (χ1n) is 10.6. The Bertz CT molecular complexity index is 640. The normalized spacial score (nSPS) is 26.5. The van der Waals surface area contributed by atoms with Crippen LogP contribution in [0.25, 0.3) is 0 Å². The highest BCUT2D eigenvalue weighted by atomic mass is 32.2. The Balaban J connectivity index is 1.59. The molecule has 1 aromatic rings. The molecule has 0 spiro atoms. The minimum atomic E-state index is -0.689. The summed E-state index contributed by atoms with van der Waals surface area (Å²) in [5, 5.41) is 7.57. The molecule has 1 aromatic carbocycles. The van der Waals surface area contributed by atoms with Crippen LogP contribution in [-0.4, -0.2) is 40.8 Å². The molecule has 0 bridgehead atoms. The third kappa shape index (κ3) is 5.13. The highest BCUT2D eigenvalue weighted by molar-refractivity contribution is 7.85. The zero-order valence-corrected chi connectivity index (χ0v) is 17.7. The summed E-state index contributed by atoms with van der Waals surface area (Å²) in [7, 11) is 1.16. The Morgan fingerprint density at radius 3 is 2.59 bits per heavy atom. The van der Waals surface area contributed by atoms with Gasteiger partial charge in [0.05, 0.1) is 0 Å². The largest absolute Gasteiger partial charge is 0.356 e. The summed E-state index contributed by atoms with van der Waals surface area (Å²) in [6, 6.07) is 11.3. The van der Waals surface area contributed by atoms with E-state index in [0.29, 0.717) is 11.3 Å². The van der Waals surface area contributed by atoms with Crippen LogP contribution < -0.4 is 10.6 Å². The molecule has 0 heterocycles. The highest BCUT2D eigenvalue weighted by Gasteiger charge is 2.35. The summed E-state index contributed by atoms with van der Waals surface area (Å²) >= 11 is 0. The quantitative estimate of drug-likeness (QED) is 0.576. The van der Waals surface area contributed by atoms with Gasteiger partial charge in [-0.1, -0.05) is 56.5 Å². The van der Waals surface area contributed by atoms with Gasteiger partial charge < -0.3 is 10.6 Å². The topological polar surface area (TPSA) is 53.5 Å². The van der Waals surface area contributed by atoms with Gasteiger partial charge in [0.25, 0.3) is 0 Å². The molecule has 2 fully saturated rings. The van der Waals surface area contributed by atoms with Crippen molar-refractivity contribution in [3.63, 3.8) is 0 Å². The monoisotopic (exact) mass is 389 g/mol. The number of guanidine groups is 1. The number of hydrogen-bond acceptors (Lipinski definition) is 2. The van der Waals surface area contributed by atoms with Crippen molar-refractivity contribution in [3.05, 3.63) is 35.9 Å². The predicted molar refractivity (Wildman–Crippen MR) is 116 cm³/mol. The van der Waals surface area contributed by atoms with E-state index < -0.39 is 10.8 Å². The first kappa shape index (κ1) is 20.4. The molecule has 0 radical (unpaired) electrons. The van der Waals surface area contributed by atoms with Gasteiger partial charge in [-0.25, -0.2) is 0 Å². The van der Waals surface area contributed by atoms with Crippen molar-refractivity contribution in [3.8, 4) is 0 Å². The molecule has 0 aromatic heterocycles. The maximum absolute atomic E-state index is 12.2. The van der Waals surface area contributed by atoms with E-state index in [2.05, 4.69) is 46.0 Å². The molecule has 4 nitrogen and oxygen atoms in total. The van der Waals surface area contributed by atoms with E-state index in [4.69, 9.17) is 0 Å². The van der Waals surface area contributed by atoms with Crippen LogP contribution in [0.15, 0.2) is 35.3 Å². The minimum absolute atomic E-state index is 0.220. The van der Waals surface area contributed by atoms with Crippen LogP contribution >= 0.6 is 0 Å². The van der Waals surface area contributed by atoms with Crippen molar-refractivity contribution in [1.29, 1.82) is 0 Å². The van der Waals surface area contributed by atoms with E-state index in [1.165, 1.54) is 31.2 Å². The molecule has 27 heavy (non-hydrogen) atoms.